The van der Waals surface area contributed by atoms with Crippen molar-refractivity contribution in [2.75, 3.05) is 17.7 Å². The van der Waals surface area contributed by atoms with E-state index >= 15 is 0 Å². The number of aliphatic hydroxyl groups excluding tert-OH is 1. The zero-order valence-electron chi connectivity index (χ0n) is 15.5. The molecule has 1 aromatic carbocycles. The predicted octanol–water partition coefficient (Wildman–Crippen LogP) is 1.11. The Kier molecular flexibility index (Phi) is 4.42. The van der Waals surface area contributed by atoms with Gasteiger partial charge in [-0.25, -0.2) is 12.8 Å². The average molecular weight is 408 g/mol. The molecule has 1 saturated carbocycles. The van der Waals surface area contributed by atoms with Crippen molar-refractivity contribution in [3.05, 3.63) is 41.3 Å². The van der Waals surface area contributed by atoms with E-state index < -0.39 is 27.9 Å². The summed E-state index contributed by atoms with van der Waals surface area (Å²) in [5.41, 5.74) is 0.638. The van der Waals surface area contributed by atoms with Crippen molar-refractivity contribution < 1.29 is 22.7 Å². The van der Waals surface area contributed by atoms with Gasteiger partial charge in [0.05, 0.1) is 5.75 Å². The number of rotatable bonds is 5. The Morgan fingerprint density at radius 3 is 2.64 bits per heavy atom. The minimum absolute atomic E-state index is 0.00673. The van der Waals surface area contributed by atoms with Crippen LogP contribution in [-0.2, 0) is 23.4 Å². The topological polar surface area (TPSA) is 95.7 Å². The molecule has 2 aromatic rings. The normalized spacial score (nSPS) is 19.9. The highest BCUT2D eigenvalue weighted by molar-refractivity contribution is 7.91. The molecule has 1 fully saturated rings. The molecule has 2 heterocycles. The van der Waals surface area contributed by atoms with Gasteiger partial charge in [0.25, 0.3) is 5.91 Å². The van der Waals surface area contributed by atoms with Crippen molar-refractivity contribution in [1.82, 2.24) is 14.5 Å². The van der Waals surface area contributed by atoms with Crippen LogP contribution in [0.2, 0.25) is 0 Å². The van der Waals surface area contributed by atoms with Crippen molar-refractivity contribution in [3.8, 4) is 0 Å². The molecule has 1 aliphatic heterocycles. The molecule has 1 unspecified atom stereocenters. The lowest BCUT2D eigenvalue weighted by Crippen LogP contribution is -2.53. The van der Waals surface area contributed by atoms with E-state index in [4.69, 9.17) is 0 Å². The lowest BCUT2D eigenvalue weighted by atomic mass is 10.2. The van der Waals surface area contributed by atoms with E-state index in [9.17, 15) is 22.7 Å². The van der Waals surface area contributed by atoms with Gasteiger partial charge in [-0.2, -0.15) is 4.98 Å². The minimum atomic E-state index is -3.67. The lowest BCUT2D eigenvalue weighted by Gasteiger charge is -2.38. The third kappa shape index (κ3) is 3.16. The van der Waals surface area contributed by atoms with E-state index in [1.165, 1.54) is 35.7 Å². The molecule has 1 aliphatic carbocycles. The highest BCUT2D eigenvalue weighted by Crippen LogP contribution is 2.35. The van der Waals surface area contributed by atoms with Gasteiger partial charge in [0, 0.05) is 20.6 Å². The monoisotopic (exact) mass is 408 g/mol. The average Bonchev–Trinajstić information content (AvgIpc) is 3.36. The summed E-state index contributed by atoms with van der Waals surface area (Å²) in [4.78, 5) is 19.4. The number of halogens is 1. The smallest absolute Gasteiger partial charge is 0.277 e. The van der Waals surface area contributed by atoms with Gasteiger partial charge < -0.3 is 14.6 Å². The second-order valence-corrected chi connectivity index (χ2v) is 9.30. The molecule has 0 saturated heterocycles. The van der Waals surface area contributed by atoms with Crippen molar-refractivity contribution in [3.63, 3.8) is 0 Å². The zero-order chi connectivity index (χ0) is 20.2. The number of aromatic nitrogens is 2. The molecule has 0 bridgehead atoms. The fourth-order valence-corrected chi connectivity index (χ4v) is 5.27. The van der Waals surface area contributed by atoms with E-state index in [0.29, 0.717) is 5.56 Å². The first-order chi connectivity index (χ1) is 13.2. The van der Waals surface area contributed by atoms with Gasteiger partial charge in [0.1, 0.15) is 5.82 Å². The maximum atomic E-state index is 13.6. The maximum absolute atomic E-state index is 13.6. The molecule has 150 valence electrons. The Bertz CT molecular complexity index is 1050. The highest BCUT2D eigenvalue weighted by Gasteiger charge is 2.41. The van der Waals surface area contributed by atoms with Crippen molar-refractivity contribution in [2.45, 2.75) is 30.9 Å². The van der Waals surface area contributed by atoms with Crippen LogP contribution < -0.4 is 4.90 Å². The quantitative estimate of drug-likeness (QED) is 0.796. The van der Waals surface area contributed by atoms with Gasteiger partial charge in [0.2, 0.25) is 21.3 Å². The molecule has 8 nitrogen and oxygen atoms in total. The first-order valence-corrected chi connectivity index (χ1v) is 10.6. The third-order valence-corrected chi connectivity index (χ3v) is 6.96. The van der Waals surface area contributed by atoms with E-state index in [-0.39, 0.29) is 34.9 Å². The Labute approximate surface area is 162 Å². The molecule has 4 rings (SSSR count). The van der Waals surface area contributed by atoms with Gasteiger partial charge in [0.15, 0.2) is 11.5 Å². The summed E-state index contributed by atoms with van der Waals surface area (Å²) in [7, 11) is -0.772. The molecule has 0 radical (unpaired) electrons. The number of nitrogens with zero attached hydrogens (tertiary/aromatic N) is 4. The van der Waals surface area contributed by atoms with Crippen LogP contribution >= 0.6 is 0 Å². The SMILES string of the molecule is CN1C(=O)c2c(nc(S(=O)(=O)CC3CC3)n2C)N(Cc2cccc(F)c2)C1O. The number of imidazole rings is 1. The van der Waals surface area contributed by atoms with Crippen LogP contribution in [0.25, 0.3) is 0 Å². The van der Waals surface area contributed by atoms with Crippen molar-refractivity contribution in [2.24, 2.45) is 13.0 Å². The number of anilines is 1. The number of carbonyl (C=O) groups excluding carboxylic acids is 1. The standard InChI is InChI=1S/C18H21FN4O4S/c1-21-14-15(20-17(21)28(26,27)10-11-6-7-11)23(18(25)22(2)16(14)24)9-12-4-3-5-13(19)8-12/h3-5,8,11,18,25H,6-7,9-10H2,1-2H3. The number of benzene rings is 1. The fraction of sp³-hybridized carbons (Fsp3) is 0.444. The number of aliphatic hydroxyl groups is 1. The Morgan fingerprint density at radius 1 is 1.29 bits per heavy atom. The van der Waals surface area contributed by atoms with Crippen LogP contribution in [0.15, 0.2) is 29.4 Å². The van der Waals surface area contributed by atoms with E-state index in [2.05, 4.69) is 4.98 Å². The maximum Gasteiger partial charge on any atom is 0.277 e. The third-order valence-electron chi connectivity index (χ3n) is 5.13. The van der Waals surface area contributed by atoms with E-state index in [1.807, 2.05) is 0 Å². The summed E-state index contributed by atoms with van der Waals surface area (Å²) < 4.78 is 40.4. The molecule has 10 heteroatoms. The van der Waals surface area contributed by atoms with Gasteiger partial charge in [-0.1, -0.05) is 12.1 Å². The summed E-state index contributed by atoms with van der Waals surface area (Å²) in [5, 5.41) is 10.4. The molecule has 1 amide bonds. The second kappa shape index (κ2) is 6.56. The number of amides is 1. The van der Waals surface area contributed by atoms with Gasteiger partial charge in [-0.05, 0) is 36.5 Å². The predicted molar refractivity (Wildman–Crippen MR) is 98.7 cm³/mol. The molecular formula is C18H21FN4O4S. The largest absolute Gasteiger partial charge is 0.356 e. The molecule has 0 spiro atoms. The van der Waals surface area contributed by atoms with Crippen LogP contribution in [0, 0.1) is 11.7 Å². The summed E-state index contributed by atoms with van der Waals surface area (Å²) in [6.07, 6.45) is 0.391. The molecular weight excluding hydrogens is 387 g/mol. The van der Waals surface area contributed by atoms with Crippen molar-refractivity contribution >= 4 is 21.6 Å². The Morgan fingerprint density at radius 2 is 2.00 bits per heavy atom. The van der Waals surface area contributed by atoms with E-state index in [0.717, 1.165) is 17.7 Å². The van der Waals surface area contributed by atoms with Crippen molar-refractivity contribution in [1.29, 1.82) is 0 Å². The molecule has 2 aliphatic rings. The number of carbonyl (C=O) groups is 1. The molecule has 1 N–H and O–H groups in total. The summed E-state index contributed by atoms with van der Waals surface area (Å²) in [6.45, 7) is 0.0582. The Balaban J connectivity index is 1.79. The van der Waals surface area contributed by atoms with Gasteiger partial charge in [-0.3, -0.25) is 9.69 Å². The summed E-state index contributed by atoms with van der Waals surface area (Å²) in [5.74, 6) is -0.751. The van der Waals surface area contributed by atoms with Crippen LogP contribution in [0.5, 0.6) is 0 Å². The Hall–Kier alpha value is -2.46. The molecule has 28 heavy (non-hydrogen) atoms. The van der Waals surface area contributed by atoms with Gasteiger partial charge in [-0.15, -0.1) is 0 Å². The number of sulfone groups is 1. The van der Waals surface area contributed by atoms with Crippen LogP contribution in [0.4, 0.5) is 10.2 Å². The number of hydrogen-bond donors (Lipinski definition) is 1. The number of hydrogen-bond acceptors (Lipinski definition) is 6. The van der Waals surface area contributed by atoms with Gasteiger partial charge >= 0.3 is 0 Å². The summed E-state index contributed by atoms with van der Waals surface area (Å²) >= 11 is 0. The van der Waals surface area contributed by atoms with E-state index in [1.54, 1.807) is 12.1 Å². The van der Waals surface area contributed by atoms with Crippen LogP contribution in [0.1, 0.15) is 28.9 Å². The first kappa shape index (κ1) is 18.9. The molecule has 1 atom stereocenters. The zero-order valence-corrected chi connectivity index (χ0v) is 16.4. The first-order valence-electron chi connectivity index (χ1n) is 8.95. The fourth-order valence-electron chi connectivity index (χ4n) is 3.43. The highest BCUT2D eigenvalue weighted by atomic mass is 32.2. The second-order valence-electron chi connectivity index (χ2n) is 7.37. The van der Waals surface area contributed by atoms with Crippen LogP contribution in [-0.4, -0.2) is 53.0 Å². The van der Waals surface area contributed by atoms with Crippen LogP contribution in [0.3, 0.4) is 0 Å². The lowest BCUT2D eigenvalue weighted by molar-refractivity contribution is 0.0116. The minimum Gasteiger partial charge on any atom is -0.356 e. The molecule has 1 aromatic heterocycles. The number of fused-ring (bicyclic) bond motifs is 1. The summed E-state index contributed by atoms with van der Waals surface area (Å²) in [6, 6.07) is 5.84.